The Kier molecular flexibility index (Phi) is 5.65. The fourth-order valence-corrected chi connectivity index (χ4v) is 4.60. The number of piperidine rings is 1. The molecule has 1 fully saturated rings. The van der Waals surface area contributed by atoms with Gasteiger partial charge in [-0.25, -0.2) is 15.0 Å². The molecule has 3 aromatic rings. The highest BCUT2D eigenvalue weighted by Crippen LogP contribution is 2.39. The minimum atomic E-state index is -4.47. The molecule has 2 N–H and O–H groups in total. The number of anilines is 1. The number of aromatic nitrogens is 3. The zero-order chi connectivity index (χ0) is 22.2. The molecule has 1 atom stereocenters. The molecular weight excluding hydrogens is 427 g/mol. The molecule has 10 heteroatoms. The number of halogens is 3. The van der Waals surface area contributed by atoms with E-state index in [4.69, 9.17) is 5.73 Å². The van der Waals surface area contributed by atoms with Gasteiger partial charge >= 0.3 is 6.18 Å². The van der Waals surface area contributed by atoms with E-state index >= 15 is 0 Å². The predicted molar refractivity (Wildman–Crippen MR) is 111 cm³/mol. The Bertz CT molecular complexity index is 1110. The maximum atomic E-state index is 13.3. The number of carbonyl (C=O) groups excluding carboxylic acids is 1. The van der Waals surface area contributed by atoms with E-state index in [1.807, 2.05) is 0 Å². The van der Waals surface area contributed by atoms with Crippen molar-refractivity contribution in [3.63, 3.8) is 0 Å². The van der Waals surface area contributed by atoms with Gasteiger partial charge in [0.2, 0.25) is 5.95 Å². The topological polar surface area (TPSA) is 85.0 Å². The standard InChI is InChI=1S/C21H20F3N5OS/c1-12-18(31-11-27-12)19(30)29-8-3-2-7-16(29)17-15(10-26-20(25)28-17)13-5-4-6-14(9-13)21(22,23)24/h4-6,9-11,16H,2-3,7-8H2,1H3,(H2,25,26,28)/t16-/m0/s1. The van der Waals surface area contributed by atoms with Crippen molar-refractivity contribution in [2.45, 2.75) is 38.4 Å². The summed E-state index contributed by atoms with van der Waals surface area (Å²) in [5.74, 6) is -0.144. The van der Waals surface area contributed by atoms with Crippen molar-refractivity contribution in [3.8, 4) is 11.1 Å². The second-order valence-electron chi connectivity index (χ2n) is 7.38. The quantitative estimate of drug-likeness (QED) is 0.619. The maximum Gasteiger partial charge on any atom is 0.416 e. The Hall–Kier alpha value is -3.01. The van der Waals surface area contributed by atoms with Gasteiger partial charge in [0.15, 0.2) is 0 Å². The van der Waals surface area contributed by atoms with Crippen LogP contribution in [0.5, 0.6) is 0 Å². The number of hydrogen-bond acceptors (Lipinski definition) is 6. The number of amides is 1. The van der Waals surface area contributed by atoms with Crippen molar-refractivity contribution < 1.29 is 18.0 Å². The highest BCUT2D eigenvalue weighted by Gasteiger charge is 2.34. The van der Waals surface area contributed by atoms with Gasteiger partial charge in [-0.3, -0.25) is 4.79 Å². The Labute approximate surface area is 181 Å². The fourth-order valence-electron chi connectivity index (χ4n) is 3.85. The van der Waals surface area contributed by atoms with Gasteiger partial charge in [0.1, 0.15) is 4.88 Å². The third-order valence-corrected chi connectivity index (χ3v) is 6.27. The van der Waals surface area contributed by atoms with Gasteiger partial charge in [0, 0.05) is 18.3 Å². The van der Waals surface area contributed by atoms with E-state index in [2.05, 4.69) is 15.0 Å². The van der Waals surface area contributed by atoms with Crippen LogP contribution in [0.25, 0.3) is 11.1 Å². The van der Waals surface area contributed by atoms with E-state index in [1.165, 1.54) is 23.6 Å². The third-order valence-electron chi connectivity index (χ3n) is 5.36. The van der Waals surface area contributed by atoms with Crippen LogP contribution in [0, 0.1) is 6.92 Å². The highest BCUT2D eigenvalue weighted by molar-refractivity contribution is 7.11. The largest absolute Gasteiger partial charge is 0.416 e. The molecule has 4 rings (SSSR count). The zero-order valence-corrected chi connectivity index (χ0v) is 17.5. The Morgan fingerprint density at radius 1 is 1.26 bits per heavy atom. The van der Waals surface area contributed by atoms with Crippen LogP contribution in [0.4, 0.5) is 19.1 Å². The number of thiazole rings is 1. The van der Waals surface area contributed by atoms with E-state index < -0.39 is 17.8 Å². The average molecular weight is 447 g/mol. The van der Waals surface area contributed by atoms with Gasteiger partial charge in [-0.05, 0) is 43.9 Å². The van der Waals surface area contributed by atoms with Crippen molar-refractivity contribution in [1.29, 1.82) is 0 Å². The van der Waals surface area contributed by atoms with Crippen LogP contribution in [-0.2, 0) is 6.18 Å². The first-order chi connectivity index (χ1) is 14.8. The summed E-state index contributed by atoms with van der Waals surface area (Å²) in [6.45, 7) is 2.30. The average Bonchev–Trinajstić information content (AvgIpc) is 3.18. The zero-order valence-electron chi connectivity index (χ0n) is 16.7. The molecule has 3 heterocycles. The van der Waals surface area contributed by atoms with Crippen LogP contribution in [0.2, 0.25) is 0 Å². The fraction of sp³-hybridized carbons (Fsp3) is 0.333. The number of likely N-dealkylation sites (tertiary alicyclic amines) is 1. The van der Waals surface area contributed by atoms with E-state index in [9.17, 15) is 18.0 Å². The van der Waals surface area contributed by atoms with Crippen LogP contribution in [0.15, 0.2) is 36.0 Å². The lowest BCUT2D eigenvalue weighted by Crippen LogP contribution is -2.39. The monoisotopic (exact) mass is 447 g/mol. The van der Waals surface area contributed by atoms with Gasteiger partial charge in [-0.15, -0.1) is 11.3 Å². The third kappa shape index (κ3) is 4.25. The summed E-state index contributed by atoms with van der Waals surface area (Å²) in [5, 5.41) is 0. The Morgan fingerprint density at radius 2 is 2.06 bits per heavy atom. The molecule has 1 aromatic carbocycles. The SMILES string of the molecule is Cc1ncsc1C(=O)N1CCCC[C@H]1c1nc(N)ncc1-c1cccc(C(F)(F)F)c1. The first kappa shape index (κ1) is 21.2. The maximum absolute atomic E-state index is 13.3. The molecule has 0 spiro atoms. The van der Waals surface area contributed by atoms with Crippen molar-refractivity contribution in [3.05, 3.63) is 57.8 Å². The molecule has 1 amide bonds. The molecule has 1 aliphatic heterocycles. The number of rotatable bonds is 3. The van der Waals surface area contributed by atoms with E-state index in [1.54, 1.807) is 23.4 Å². The van der Waals surface area contributed by atoms with Crippen LogP contribution in [0.3, 0.4) is 0 Å². The number of alkyl halides is 3. The van der Waals surface area contributed by atoms with Gasteiger partial charge < -0.3 is 10.6 Å². The predicted octanol–water partition coefficient (Wildman–Crippen LogP) is 4.88. The second kappa shape index (κ2) is 8.26. The Balaban J connectivity index is 1.79. The van der Waals surface area contributed by atoms with E-state index in [0.717, 1.165) is 25.0 Å². The van der Waals surface area contributed by atoms with Gasteiger partial charge in [0.25, 0.3) is 5.91 Å². The van der Waals surface area contributed by atoms with Crippen LogP contribution in [0.1, 0.15) is 51.9 Å². The lowest BCUT2D eigenvalue weighted by molar-refractivity contribution is -0.137. The smallest absolute Gasteiger partial charge is 0.368 e. The molecule has 0 aliphatic carbocycles. The summed E-state index contributed by atoms with van der Waals surface area (Å²) in [7, 11) is 0. The van der Waals surface area contributed by atoms with Crippen molar-refractivity contribution in [2.75, 3.05) is 12.3 Å². The summed E-state index contributed by atoms with van der Waals surface area (Å²) >= 11 is 1.27. The molecule has 2 aromatic heterocycles. The first-order valence-corrected chi connectivity index (χ1v) is 10.6. The normalized spacial score (nSPS) is 17.0. The van der Waals surface area contributed by atoms with Crippen LogP contribution >= 0.6 is 11.3 Å². The van der Waals surface area contributed by atoms with Crippen molar-refractivity contribution in [1.82, 2.24) is 19.9 Å². The minimum absolute atomic E-state index is 0.0117. The van der Waals surface area contributed by atoms with Gasteiger partial charge in [0.05, 0.1) is 28.5 Å². The minimum Gasteiger partial charge on any atom is -0.368 e. The second-order valence-corrected chi connectivity index (χ2v) is 8.24. The summed E-state index contributed by atoms with van der Waals surface area (Å²) in [4.78, 5) is 28.1. The summed E-state index contributed by atoms with van der Waals surface area (Å²) in [5.41, 5.74) is 8.58. The molecule has 1 saturated heterocycles. The summed E-state index contributed by atoms with van der Waals surface area (Å²) in [6, 6.07) is 4.60. The van der Waals surface area contributed by atoms with Gasteiger partial charge in [-0.1, -0.05) is 12.1 Å². The van der Waals surface area contributed by atoms with Crippen molar-refractivity contribution >= 4 is 23.2 Å². The number of benzene rings is 1. The lowest BCUT2D eigenvalue weighted by atomic mass is 9.93. The molecular formula is C21H20F3N5OS. The first-order valence-electron chi connectivity index (χ1n) is 9.77. The number of hydrogen-bond donors (Lipinski definition) is 1. The van der Waals surface area contributed by atoms with E-state index in [-0.39, 0.29) is 11.9 Å². The number of carbonyl (C=O) groups is 1. The Morgan fingerprint density at radius 3 is 2.77 bits per heavy atom. The molecule has 1 aliphatic rings. The molecule has 0 saturated carbocycles. The molecule has 6 nitrogen and oxygen atoms in total. The molecule has 0 bridgehead atoms. The lowest BCUT2D eigenvalue weighted by Gasteiger charge is -2.36. The molecule has 31 heavy (non-hydrogen) atoms. The summed E-state index contributed by atoms with van der Waals surface area (Å²) < 4.78 is 39.8. The number of nitrogens with zero attached hydrogens (tertiary/aromatic N) is 4. The van der Waals surface area contributed by atoms with E-state index in [0.29, 0.717) is 40.4 Å². The van der Waals surface area contributed by atoms with Crippen LogP contribution in [-0.4, -0.2) is 32.3 Å². The highest BCUT2D eigenvalue weighted by atomic mass is 32.1. The number of aryl methyl sites for hydroxylation is 1. The van der Waals surface area contributed by atoms with Crippen molar-refractivity contribution in [2.24, 2.45) is 0 Å². The number of nitrogens with two attached hydrogens (primary N) is 1. The molecule has 0 radical (unpaired) electrons. The van der Waals surface area contributed by atoms with Gasteiger partial charge in [-0.2, -0.15) is 13.2 Å². The number of nitrogen functional groups attached to an aromatic ring is 1. The molecule has 162 valence electrons. The summed E-state index contributed by atoms with van der Waals surface area (Å²) in [6.07, 6.45) is -0.711. The molecule has 0 unspecified atom stereocenters. The van der Waals surface area contributed by atoms with Crippen LogP contribution < -0.4 is 5.73 Å².